The summed E-state index contributed by atoms with van der Waals surface area (Å²) in [6.45, 7) is 1.09. The van der Waals surface area contributed by atoms with E-state index >= 15 is 0 Å². The molecule has 1 amide bonds. The van der Waals surface area contributed by atoms with Crippen LogP contribution in [0.4, 0.5) is 11.4 Å². The van der Waals surface area contributed by atoms with E-state index in [2.05, 4.69) is 34.0 Å². The fraction of sp³-hybridized carbons (Fsp3) is 0.250. The molecule has 0 aliphatic carbocycles. The number of aryl methyl sites for hydroxylation is 2. The van der Waals surface area contributed by atoms with Crippen LogP contribution >= 0.6 is 0 Å². The van der Waals surface area contributed by atoms with E-state index in [1.807, 2.05) is 43.6 Å². The van der Waals surface area contributed by atoms with Gasteiger partial charge in [0.05, 0.1) is 0 Å². The van der Waals surface area contributed by atoms with Gasteiger partial charge in [0, 0.05) is 54.7 Å². The second kappa shape index (κ2) is 5.71. The van der Waals surface area contributed by atoms with Crippen molar-refractivity contribution in [3.05, 3.63) is 59.8 Å². The Balaban J connectivity index is 1.58. The quantitative estimate of drug-likeness (QED) is 0.780. The zero-order valence-corrected chi connectivity index (χ0v) is 14.0. The van der Waals surface area contributed by atoms with Gasteiger partial charge in [-0.2, -0.15) is 0 Å². The van der Waals surface area contributed by atoms with Gasteiger partial charge in [0.25, 0.3) is 5.91 Å². The molecule has 1 aromatic heterocycles. The first-order valence-corrected chi connectivity index (χ1v) is 8.32. The van der Waals surface area contributed by atoms with Gasteiger partial charge in [-0.05, 0) is 60.9 Å². The van der Waals surface area contributed by atoms with Crippen LogP contribution in [0.15, 0.2) is 48.7 Å². The highest BCUT2D eigenvalue weighted by molar-refractivity contribution is 6.06. The number of nitrogens with zero attached hydrogens (tertiary/aromatic N) is 2. The predicted molar refractivity (Wildman–Crippen MR) is 98.9 cm³/mol. The molecule has 0 unspecified atom stereocenters. The Labute approximate surface area is 141 Å². The van der Waals surface area contributed by atoms with Crippen LogP contribution in [0.5, 0.6) is 0 Å². The average Bonchev–Trinajstić information content (AvgIpc) is 2.95. The fourth-order valence-electron chi connectivity index (χ4n) is 3.49. The van der Waals surface area contributed by atoms with Crippen LogP contribution in [0, 0.1) is 0 Å². The standard InChI is InChI=1S/C20H21N3O/c1-22-10-3-4-14-13-17(6-8-19(14)22)21-20(24)16-5-7-18-15(12-16)9-11-23(18)2/h5-9,11-13H,3-4,10H2,1-2H3,(H,21,24). The summed E-state index contributed by atoms with van der Waals surface area (Å²) in [4.78, 5) is 14.8. The Morgan fingerprint density at radius 3 is 2.83 bits per heavy atom. The minimum absolute atomic E-state index is 0.0649. The van der Waals surface area contributed by atoms with Gasteiger partial charge in [0.1, 0.15) is 0 Å². The summed E-state index contributed by atoms with van der Waals surface area (Å²) in [6, 6.07) is 14.0. The largest absolute Gasteiger partial charge is 0.374 e. The number of rotatable bonds is 2. The molecule has 0 atom stereocenters. The Bertz CT molecular complexity index is 926. The molecular weight excluding hydrogens is 298 g/mol. The Kier molecular flexibility index (Phi) is 3.53. The molecule has 0 spiro atoms. The normalized spacial score (nSPS) is 13.8. The van der Waals surface area contributed by atoms with E-state index < -0.39 is 0 Å². The van der Waals surface area contributed by atoms with Crippen molar-refractivity contribution < 1.29 is 4.79 Å². The van der Waals surface area contributed by atoms with Crippen LogP contribution in [-0.2, 0) is 13.5 Å². The maximum Gasteiger partial charge on any atom is 0.255 e. The lowest BCUT2D eigenvalue weighted by Gasteiger charge is -2.27. The number of anilines is 2. The Hall–Kier alpha value is -2.75. The molecule has 1 N–H and O–H groups in total. The van der Waals surface area contributed by atoms with Crippen molar-refractivity contribution in [1.82, 2.24) is 4.57 Å². The molecule has 1 aliphatic rings. The molecule has 4 rings (SSSR count). The van der Waals surface area contributed by atoms with Gasteiger partial charge >= 0.3 is 0 Å². The fourth-order valence-corrected chi connectivity index (χ4v) is 3.49. The van der Waals surface area contributed by atoms with Crippen molar-refractivity contribution >= 4 is 28.2 Å². The summed E-state index contributed by atoms with van der Waals surface area (Å²) in [5.74, 6) is -0.0649. The van der Waals surface area contributed by atoms with Gasteiger partial charge < -0.3 is 14.8 Å². The highest BCUT2D eigenvalue weighted by atomic mass is 16.1. The van der Waals surface area contributed by atoms with Crippen molar-refractivity contribution in [1.29, 1.82) is 0 Å². The number of carbonyl (C=O) groups is 1. The molecule has 4 heteroatoms. The predicted octanol–water partition coefficient (Wildman–Crippen LogP) is 3.81. The van der Waals surface area contributed by atoms with Gasteiger partial charge in [0.2, 0.25) is 0 Å². The SMILES string of the molecule is CN1CCCc2cc(NC(=O)c3ccc4c(ccn4C)c3)ccc21. The number of hydrogen-bond acceptors (Lipinski definition) is 2. The van der Waals surface area contributed by atoms with E-state index in [4.69, 9.17) is 0 Å². The molecule has 2 aromatic carbocycles. The highest BCUT2D eigenvalue weighted by Gasteiger charge is 2.15. The van der Waals surface area contributed by atoms with E-state index in [9.17, 15) is 4.79 Å². The van der Waals surface area contributed by atoms with Gasteiger partial charge in [-0.1, -0.05) is 0 Å². The van der Waals surface area contributed by atoms with Crippen molar-refractivity contribution in [2.75, 3.05) is 23.8 Å². The maximum atomic E-state index is 12.6. The second-order valence-corrected chi connectivity index (χ2v) is 6.52. The summed E-state index contributed by atoms with van der Waals surface area (Å²) < 4.78 is 2.05. The number of carbonyl (C=O) groups excluding carboxylic acids is 1. The van der Waals surface area contributed by atoms with E-state index in [0.717, 1.165) is 36.0 Å². The Morgan fingerprint density at radius 1 is 1.08 bits per heavy atom. The molecule has 3 aromatic rings. The Morgan fingerprint density at radius 2 is 1.96 bits per heavy atom. The molecular formula is C20H21N3O. The summed E-state index contributed by atoms with van der Waals surface area (Å²) in [6.07, 6.45) is 4.23. The average molecular weight is 319 g/mol. The minimum atomic E-state index is -0.0649. The lowest BCUT2D eigenvalue weighted by molar-refractivity contribution is 0.102. The molecule has 2 heterocycles. The first-order valence-electron chi connectivity index (χ1n) is 8.32. The zero-order chi connectivity index (χ0) is 16.7. The van der Waals surface area contributed by atoms with Gasteiger partial charge in [-0.15, -0.1) is 0 Å². The van der Waals surface area contributed by atoms with E-state index in [1.54, 1.807) is 0 Å². The first-order chi connectivity index (χ1) is 11.6. The van der Waals surface area contributed by atoms with Crippen LogP contribution in [0.3, 0.4) is 0 Å². The highest BCUT2D eigenvalue weighted by Crippen LogP contribution is 2.28. The molecule has 0 fully saturated rings. The van der Waals surface area contributed by atoms with Crippen LogP contribution in [-0.4, -0.2) is 24.1 Å². The minimum Gasteiger partial charge on any atom is -0.374 e. The van der Waals surface area contributed by atoms with Gasteiger partial charge in [-0.25, -0.2) is 0 Å². The zero-order valence-electron chi connectivity index (χ0n) is 14.0. The molecule has 0 bridgehead atoms. The number of amides is 1. The molecule has 4 nitrogen and oxygen atoms in total. The van der Waals surface area contributed by atoms with Crippen LogP contribution < -0.4 is 10.2 Å². The monoisotopic (exact) mass is 319 g/mol. The lowest BCUT2D eigenvalue weighted by Crippen LogP contribution is -2.24. The van der Waals surface area contributed by atoms with Crippen LogP contribution in [0.25, 0.3) is 10.9 Å². The lowest BCUT2D eigenvalue weighted by atomic mass is 10.0. The number of hydrogen-bond donors (Lipinski definition) is 1. The molecule has 0 saturated heterocycles. The number of aromatic nitrogens is 1. The van der Waals surface area contributed by atoms with Crippen molar-refractivity contribution in [3.63, 3.8) is 0 Å². The van der Waals surface area contributed by atoms with Gasteiger partial charge in [0.15, 0.2) is 0 Å². The summed E-state index contributed by atoms with van der Waals surface area (Å²) in [7, 11) is 4.12. The third-order valence-corrected chi connectivity index (χ3v) is 4.84. The molecule has 122 valence electrons. The van der Waals surface area contributed by atoms with E-state index in [1.165, 1.54) is 11.3 Å². The number of benzene rings is 2. The third-order valence-electron chi connectivity index (χ3n) is 4.84. The topological polar surface area (TPSA) is 37.3 Å². The first kappa shape index (κ1) is 14.8. The van der Waals surface area contributed by atoms with Crippen molar-refractivity contribution in [2.24, 2.45) is 7.05 Å². The molecule has 1 aliphatic heterocycles. The van der Waals surface area contributed by atoms with E-state index in [0.29, 0.717) is 5.56 Å². The third kappa shape index (κ3) is 2.54. The van der Waals surface area contributed by atoms with Crippen LogP contribution in [0.2, 0.25) is 0 Å². The number of nitrogens with one attached hydrogen (secondary N) is 1. The maximum absolute atomic E-state index is 12.6. The van der Waals surface area contributed by atoms with E-state index in [-0.39, 0.29) is 5.91 Å². The van der Waals surface area contributed by atoms with Crippen molar-refractivity contribution in [3.8, 4) is 0 Å². The summed E-state index contributed by atoms with van der Waals surface area (Å²) in [5, 5.41) is 4.11. The molecule has 24 heavy (non-hydrogen) atoms. The van der Waals surface area contributed by atoms with Crippen molar-refractivity contribution in [2.45, 2.75) is 12.8 Å². The second-order valence-electron chi connectivity index (χ2n) is 6.52. The summed E-state index contributed by atoms with van der Waals surface area (Å²) >= 11 is 0. The van der Waals surface area contributed by atoms with Crippen LogP contribution in [0.1, 0.15) is 22.3 Å². The number of fused-ring (bicyclic) bond motifs is 2. The van der Waals surface area contributed by atoms with Gasteiger partial charge in [-0.3, -0.25) is 4.79 Å². The molecule has 0 radical (unpaired) electrons. The summed E-state index contributed by atoms with van der Waals surface area (Å²) in [5.41, 5.74) is 5.25. The smallest absolute Gasteiger partial charge is 0.255 e. The molecule has 0 saturated carbocycles.